The van der Waals surface area contributed by atoms with Crippen LogP contribution in [0.4, 0.5) is 23.8 Å². The topological polar surface area (TPSA) is 134 Å². The number of hydrogen-bond acceptors (Lipinski definition) is 6. The Kier molecular flexibility index (Phi) is 6.82. The first kappa shape index (κ1) is 28.5. The van der Waals surface area contributed by atoms with Crippen LogP contribution in [0.3, 0.4) is 0 Å². The van der Waals surface area contributed by atoms with Crippen molar-refractivity contribution < 1.29 is 27.5 Å². The molecule has 5 rings (SSSR count). The lowest BCUT2D eigenvalue weighted by Gasteiger charge is -2.45. The fourth-order valence-corrected chi connectivity index (χ4v) is 5.80. The molecular weight excluding hydrogens is 539 g/mol. The molecule has 1 saturated carbocycles. The van der Waals surface area contributed by atoms with Crippen molar-refractivity contribution >= 4 is 17.8 Å². The number of nitrogens with zero attached hydrogens (tertiary/aromatic N) is 5. The maximum absolute atomic E-state index is 13.2. The molecule has 3 heterocycles. The Balaban J connectivity index is 1.33. The molecular formula is C28H34F3N7O3. The van der Waals surface area contributed by atoms with Gasteiger partial charge in [-0.3, -0.25) is 9.48 Å². The number of aromatic nitrogens is 4. The molecule has 10 nitrogen and oxygen atoms in total. The number of carbonyl (C=O) groups is 2. The van der Waals surface area contributed by atoms with Gasteiger partial charge in [-0.25, -0.2) is 9.48 Å². The molecule has 41 heavy (non-hydrogen) atoms. The minimum absolute atomic E-state index is 0.0687. The fraction of sp³-hybridized carbons (Fsp3) is 0.500. The smallest absolute Gasteiger partial charge is 0.416 e. The van der Waals surface area contributed by atoms with Crippen molar-refractivity contribution in [1.82, 2.24) is 24.5 Å². The number of likely N-dealkylation sites (tertiary alicyclic amines) is 1. The van der Waals surface area contributed by atoms with Crippen molar-refractivity contribution in [3.05, 3.63) is 52.8 Å². The summed E-state index contributed by atoms with van der Waals surface area (Å²) in [6.07, 6.45) is 0.600. The maximum Gasteiger partial charge on any atom is 0.416 e. The summed E-state index contributed by atoms with van der Waals surface area (Å²) in [5.74, 6) is -0.591. The molecule has 0 atom stereocenters. The average molecular weight is 574 g/mol. The van der Waals surface area contributed by atoms with Crippen molar-refractivity contribution in [2.45, 2.75) is 71.3 Å². The van der Waals surface area contributed by atoms with Gasteiger partial charge in [0.25, 0.3) is 5.91 Å². The van der Waals surface area contributed by atoms with Gasteiger partial charge in [0.1, 0.15) is 22.7 Å². The number of hydrogen-bond donors (Lipinski definition) is 2. The van der Waals surface area contributed by atoms with E-state index in [9.17, 15) is 22.8 Å². The Morgan fingerprint density at radius 3 is 2.54 bits per heavy atom. The second-order valence-electron chi connectivity index (χ2n) is 12.2. The zero-order valence-electron chi connectivity index (χ0n) is 23.5. The minimum atomic E-state index is -4.45. The van der Waals surface area contributed by atoms with Gasteiger partial charge in [0.05, 0.1) is 24.3 Å². The number of nitrogen functional groups attached to an aromatic ring is 1. The number of benzene rings is 1. The molecule has 0 unspecified atom stereocenters. The van der Waals surface area contributed by atoms with E-state index in [-0.39, 0.29) is 41.2 Å². The third-order valence-corrected chi connectivity index (χ3v) is 7.88. The summed E-state index contributed by atoms with van der Waals surface area (Å²) in [6.45, 7) is 8.52. The highest BCUT2D eigenvalue weighted by atomic mass is 19.4. The quantitative estimate of drug-likeness (QED) is 0.452. The lowest BCUT2D eigenvalue weighted by atomic mass is 9.65. The van der Waals surface area contributed by atoms with Crippen LogP contribution >= 0.6 is 0 Å². The van der Waals surface area contributed by atoms with Crippen LogP contribution in [0.5, 0.6) is 0 Å². The van der Waals surface area contributed by atoms with Crippen LogP contribution < -0.4 is 11.5 Å². The van der Waals surface area contributed by atoms with Gasteiger partial charge in [-0.2, -0.15) is 23.4 Å². The van der Waals surface area contributed by atoms with E-state index < -0.39 is 23.2 Å². The molecule has 3 aromatic rings. The standard InChI is InChI=1S/C28H34F3N7O3/c1-16-5-6-19(28(29,30)31)9-17(16)13-37-14-18(12-34-37)22-21(24(33)39)23(32)38(35-22)20-10-27(11-20)7-8-36(15-27)25(40)41-26(2,3)4/h5-6,9,12,14,20H,7-8,10-11,13,15,32H2,1-4H3,(H2,33,39). The highest BCUT2D eigenvalue weighted by Crippen LogP contribution is 2.55. The van der Waals surface area contributed by atoms with Crippen LogP contribution in [-0.4, -0.2) is 55.2 Å². The van der Waals surface area contributed by atoms with E-state index in [1.165, 1.54) is 16.9 Å². The van der Waals surface area contributed by atoms with E-state index in [0.29, 0.717) is 29.8 Å². The molecule has 0 radical (unpaired) electrons. The number of primary amides is 1. The largest absolute Gasteiger partial charge is 0.444 e. The first-order valence-corrected chi connectivity index (χ1v) is 13.4. The van der Waals surface area contributed by atoms with Crippen molar-refractivity contribution in [2.24, 2.45) is 11.1 Å². The Morgan fingerprint density at radius 1 is 1.20 bits per heavy atom. The first-order valence-electron chi connectivity index (χ1n) is 13.4. The van der Waals surface area contributed by atoms with Crippen LogP contribution in [-0.2, 0) is 17.5 Å². The Hall–Kier alpha value is -4.03. The van der Waals surface area contributed by atoms with E-state index in [1.54, 1.807) is 22.7 Å². The monoisotopic (exact) mass is 573 g/mol. The maximum atomic E-state index is 13.2. The molecule has 1 aromatic carbocycles. The summed E-state index contributed by atoms with van der Waals surface area (Å²) >= 11 is 0. The summed E-state index contributed by atoms with van der Waals surface area (Å²) in [5, 5.41) is 8.94. The molecule has 2 aliphatic rings. The number of halogens is 3. The average Bonchev–Trinajstić information content (AvgIpc) is 3.55. The second kappa shape index (κ2) is 9.81. The van der Waals surface area contributed by atoms with E-state index in [4.69, 9.17) is 16.2 Å². The number of anilines is 1. The van der Waals surface area contributed by atoms with Gasteiger partial charge in [0.15, 0.2) is 0 Å². The third kappa shape index (κ3) is 5.62. The van der Waals surface area contributed by atoms with Gasteiger partial charge in [-0.1, -0.05) is 6.07 Å². The molecule has 1 spiro atoms. The number of nitrogens with two attached hydrogens (primary N) is 2. The van der Waals surface area contributed by atoms with Crippen molar-refractivity contribution in [3.8, 4) is 11.3 Å². The molecule has 13 heteroatoms. The van der Waals surface area contributed by atoms with Crippen molar-refractivity contribution in [2.75, 3.05) is 18.8 Å². The predicted molar refractivity (Wildman–Crippen MR) is 145 cm³/mol. The van der Waals surface area contributed by atoms with E-state index in [1.807, 2.05) is 20.8 Å². The molecule has 4 N–H and O–H groups in total. The minimum Gasteiger partial charge on any atom is -0.444 e. The highest BCUT2D eigenvalue weighted by molar-refractivity contribution is 6.03. The normalized spacial score (nSPS) is 20.9. The van der Waals surface area contributed by atoms with Gasteiger partial charge in [0, 0.05) is 24.8 Å². The molecule has 2 amide bonds. The van der Waals surface area contributed by atoms with Crippen LogP contribution in [0, 0.1) is 12.3 Å². The number of amides is 2. The Bertz CT molecular complexity index is 1500. The molecule has 1 aliphatic heterocycles. The molecule has 2 aromatic heterocycles. The molecule has 0 bridgehead atoms. The van der Waals surface area contributed by atoms with Crippen LogP contribution in [0.25, 0.3) is 11.3 Å². The Morgan fingerprint density at radius 2 is 1.90 bits per heavy atom. The fourth-order valence-electron chi connectivity index (χ4n) is 5.80. The van der Waals surface area contributed by atoms with E-state index in [0.717, 1.165) is 31.4 Å². The number of alkyl halides is 3. The van der Waals surface area contributed by atoms with Crippen LogP contribution in [0.1, 0.15) is 73.1 Å². The number of carbonyl (C=O) groups excluding carboxylic acids is 2. The van der Waals surface area contributed by atoms with E-state index >= 15 is 0 Å². The SMILES string of the molecule is Cc1ccc(C(F)(F)F)cc1Cn1cc(-c2nn(C3CC4(CCN(C(=O)OC(C)(C)C)C4)C3)c(N)c2C(N)=O)cn1. The lowest BCUT2D eigenvalue weighted by Crippen LogP contribution is -2.43. The zero-order chi connectivity index (χ0) is 29.9. The summed E-state index contributed by atoms with van der Waals surface area (Å²) < 4.78 is 48.3. The van der Waals surface area contributed by atoms with Gasteiger partial charge in [-0.05, 0) is 75.6 Å². The van der Waals surface area contributed by atoms with Crippen LogP contribution in [0.2, 0.25) is 0 Å². The third-order valence-electron chi connectivity index (χ3n) is 7.88. The van der Waals surface area contributed by atoms with Gasteiger partial charge < -0.3 is 21.1 Å². The summed E-state index contributed by atoms with van der Waals surface area (Å²) in [5.41, 5.74) is 12.7. The zero-order valence-corrected chi connectivity index (χ0v) is 23.5. The molecule has 2 fully saturated rings. The number of ether oxygens (including phenoxy) is 1. The van der Waals surface area contributed by atoms with Crippen molar-refractivity contribution in [3.63, 3.8) is 0 Å². The molecule has 1 aliphatic carbocycles. The summed E-state index contributed by atoms with van der Waals surface area (Å²) in [4.78, 5) is 26.7. The molecule has 220 valence electrons. The second-order valence-corrected chi connectivity index (χ2v) is 12.2. The number of aryl methyl sites for hydroxylation is 1. The Labute approximate surface area is 235 Å². The summed E-state index contributed by atoms with van der Waals surface area (Å²) in [6, 6.07) is 3.51. The van der Waals surface area contributed by atoms with E-state index in [2.05, 4.69) is 10.2 Å². The number of rotatable bonds is 5. The summed E-state index contributed by atoms with van der Waals surface area (Å²) in [7, 11) is 0. The lowest BCUT2D eigenvalue weighted by molar-refractivity contribution is -0.137. The highest BCUT2D eigenvalue weighted by Gasteiger charge is 2.51. The first-order chi connectivity index (χ1) is 19.1. The van der Waals surface area contributed by atoms with Gasteiger partial charge >= 0.3 is 12.3 Å². The predicted octanol–water partition coefficient (Wildman–Crippen LogP) is 4.77. The molecule has 1 saturated heterocycles. The van der Waals surface area contributed by atoms with Crippen LogP contribution in [0.15, 0.2) is 30.6 Å². The van der Waals surface area contributed by atoms with Crippen molar-refractivity contribution in [1.29, 1.82) is 0 Å². The van der Waals surface area contributed by atoms with Gasteiger partial charge in [-0.15, -0.1) is 0 Å². The van der Waals surface area contributed by atoms with Gasteiger partial charge in [0.2, 0.25) is 0 Å².